The molecule has 0 aromatic carbocycles. The van der Waals surface area contributed by atoms with Gasteiger partial charge in [0.1, 0.15) is 0 Å². The molecular formula is C30H48O4. The molecule has 4 nitrogen and oxygen atoms in total. The molecule has 4 saturated carbocycles. The summed E-state index contributed by atoms with van der Waals surface area (Å²) < 4.78 is 0. The largest absolute Gasteiger partial charge is 0.481 e. The van der Waals surface area contributed by atoms with Crippen molar-refractivity contribution in [2.24, 2.45) is 50.2 Å². The molecule has 5 rings (SSSR count). The third-order valence-corrected chi connectivity index (χ3v) is 13.4. The zero-order valence-corrected chi connectivity index (χ0v) is 22.6. The van der Waals surface area contributed by atoms with E-state index in [0.717, 1.165) is 51.4 Å². The van der Waals surface area contributed by atoms with Crippen LogP contribution in [0, 0.1) is 50.2 Å². The lowest BCUT2D eigenvalue weighted by molar-refractivity contribution is -0.243. The molecular weight excluding hydrogens is 424 g/mol. The first-order valence-corrected chi connectivity index (χ1v) is 13.9. The van der Waals surface area contributed by atoms with Crippen molar-refractivity contribution in [3.8, 4) is 0 Å². The lowest BCUT2D eigenvalue weighted by Crippen LogP contribution is -2.68. The predicted molar refractivity (Wildman–Crippen MR) is 134 cm³/mol. The third-order valence-electron chi connectivity index (χ3n) is 13.4. The molecule has 4 fully saturated rings. The second kappa shape index (κ2) is 7.12. The molecule has 0 saturated heterocycles. The normalized spacial score (nSPS) is 56.3. The van der Waals surface area contributed by atoms with Crippen LogP contribution >= 0.6 is 0 Å². The highest BCUT2D eigenvalue weighted by molar-refractivity contribution is 5.74. The van der Waals surface area contributed by atoms with Gasteiger partial charge >= 0.3 is 5.97 Å². The predicted octanol–water partition coefficient (Wildman–Crippen LogP) is 6.20. The highest BCUT2D eigenvalue weighted by atomic mass is 16.4. The third kappa shape index (κ3) is 2.82. The zero-order valence-electron chi connectivity index (χ0n) is 22.6. The minimum atomic E-state index is -0.638. The van der Waals surface area contributed by atoms with E-state index in [1.807, 2.05) is 6.92 Å². The molecule has 10 atom stereocenters. The molecule has 0 aliphatic heterocycles. The summed E-state index contributed by atoms with van der Waals surface area (Å²) in [5, 5.41) is 32.5. The van der Waals surface area contributed by atoms with Gasteiger partial charge < -0.3 is 15.3 Å². The first-order valence-electron chi connectivity index (χ1n) is 13.9. The summed E-state index contributed by atoms with van der Waals surface area (Å²) >= 11 is 0. The summed E-state index contributed by atoms with van der Waals surface area (Å²) in [6, 6.07) is 0. The van der Waals surface area contributed by atoms with Gasteiger partial charge in [-0.05, 0) is 97.7 Å². The number of fused-ring (bicyclic) bond motifs is 7. The molecule has 0 aromatic heterocycles. The van der Waals surface area contributed by atoms with Crippen LogP contribution < -0.4 is 0 Å². The van der Waals surface area contributed by atoms with Gasteiger partial charge in [0.2, 0.25) is 0 Å². The Labute approximate surface area is 206 Å². The number of hydrogen-bond donors (Lipinski definition) is 3. The van der Waals surface area contributed by atoms with Gasteiger partial charge in [-0.25, -0.2) is 0 Å². The van der Waals surface area contributed by atoms with E-state index < -0.39 is 23.6 Å². The molecule has 0 spiro atoms. The number of aliphatic carboxylic acids is 1. The molecule has 0 radical (unpaired) electrons. The van der Waals surface area contributed by atoms with Crippen LogP contribution in [-0.2, 0) is 4.79 Å². The second-order valence-electron chi connectivity index (χ2n) is 15.0. The average Bonchev–Trinajstić information content (AvgIpc) is 2.74. The molecule has 34 heavy (non-hydrogen) atoms. The maximum atomic E-state index is 12.2. The molecule has 5 aliphatic rings. The molecule has 3 N–H and O–H groups in total. The molecule has 0 heterocycles. The summed E-state index contributed by atoms with van der Waals surface area (Å²) in [4.78, 5) is 12.2. The molecule has 0 unspecified atom stereocenters. The Morgan fingerprint density at radius 2 is 1.53 bits per heavy atom. The highest BCUT2D eigenvalue weighted by Crippen LogP contribution is 2.75. The van der Waals surface area contributed by atoms with Crippen LogP contribution in [0.25, 0.3) is 0 Å². The molecule has 4 heteroatoms. The van der Waals surface area contributed by atoms with E-state index in [1.54, 1.807) is 5.57 Å². The molecule has 192 valence electrons. The fraction of sp³-hybridized carbons (Fsp3) is 0.900. The van der Waals surface area contributed by atoms with E-state index in [0.29, 0.717) is 24.2 Å². The van der Waals surface area contributed by atoms with Gasteiger partial charge in [-0.15, -0.1) is 0 Å². The van der Waals surface area contributed by atoms with Gasteiger partial charge in [-0.2, -0.15) is 0 Å². The van der Waals surface area contributed by atoms with E-state index in [9.17, 15) is 20.1 Å². The lowest BCUT2D eigenvalue weighted by Gasteiger charge is -2.72. The molecule has 5 aliphatic carbocycles. The quantitative estimate of drug-likeness (QED) is 0.397. The fourth-order valence-electron chi connectivity index (χ4n) is 10.5. The Hall–Kier alpha value is -0.870. The van der Waals surface area contributed by atoms with Crippen molar-refractivity contribution in [3.05, 3.63) is 11.6 Å². The number of aliphatic hydroxyl groups is 2. The van der Waals surface area contributed by atoms with Gasteiger partial charge in [-0.1, -0.05) is 53.2 Å². The van der Waals surface area contributed by atoms with Crippen LogP contribution in [-0.4, -0.2) is 33.5 Å². The van der Waals surface area contributed by atoms with Crippen LogP contribution in [0.4, 0.5) is 0 Å². The number of rotatable bonds is 1. The smallest absolute Gasteiger partial charge is 0.309 e. The number of allylic oxidation sites excluding steroid dienone is 2. The van der Waals surface area contributed by atoms with Gasteiger partial charge in [0.05, 0.1) is 17.6 Å². The number of carboxylic acid groups (broad SMARTS) is 1. The first kappa shape index (κ1) is 24.8. The fourth-order valence-corrected chi connectivity index (χ4v) is 10.5. The summed E-state index contributed by atoms with van der Waals surface area (Å²) in [6.45, 7) is 16.1. The average molecular weight is 473 g/mol. The monoisotopic (exact) mass is 472 g/mol. The van der Waals surface area contributed by atoms with Crippen molar-refractivity contribution in [1.29, 1.82) is 0 Å². The Morgan fingerprint density at radius 3 is 2.18 bits per heavy atom. The summed E-state index contributed by atoms with van der Waals surface area (Å²) in [7, 11) is 0. The summed E-state index contributed by atoms with van der Waals surface area (Å²) in [5.74, 6) is 0.364. The lowest BCUT2D eigenvalue weighted by atomic mass is 9.33. The van der Waals surface area contributed by atoms with E-state index in [-0.39, 0.29) is 27.1 Å². The van der Waals surface area contributed by atoms with Crippen molar-refractivity contribution in [3.63, 3.8) is 0 Å². The minimum Gasteiger partial charge on any atom is -0.481 e. The Bertz CT molecular complexity index is 923. The number of hydrogen-bond acceptors (Lipinski definition) is 3. The summed E-state index contributed by atoms with van der Waals surface area (Å²) in [6.07, 6.45) is 10.0. The van der Waals surface area contributed by atoms with Gasteiger partial charge in [0.15, 0.2) is 0 Å². The SMILES string of the molecule is CC1(C)[C@@H](O)C[C@H](O)[C@]2(C)[C@H]3CC=C4[C@@H]5C[C@](C)(C(=O)O)CC[C@]5(C)CC[C@@]4(C)[C@]3(C)CC[C@@H]12. The van der Waals surface area contributed by atoms with Crippen LogP contribution in [0.2, 0.25) is 0 Å². The van der Waals surface area contributed by atoms with E-state index in [1.165, 1.54) is 0 Å². The number of carboxylic acids is 1. The van der Waals surface area contributed by atoms with Crippen LogP contribution in [0.3, 0.4) is 0 Å². The maximum Gasteiger partial charge on any atom is 0.309 e. The summed E-state index contributed by atoms with van der Waals surface area (Å²) in [5.41, 5.74) is 0.789. The second-order valence-corrected chi connectivity index (χ2v) is 15.0. The van der Waals surface area contributed by atoms with Crippen molar-refractivity contribution in [2.75, 3.05) is 0 Å². The van der Waals surface area contributed by atoms with Crippen LogP contribution in [0.1, 0.15) is 106 Å². The van der Waals surface area contributed by atoms with Crippen LogP contribution in [0.5, 0.6) is 0 Å². The molecule has 0 aromatic rings. The standard InChI is InChI=1S/C30H48O4/c1-25(2)20-10-11-29(6)21(30(20,7)23(32)16-22(25)31)9-8-18-19-17-27(4,24(33)34)13-12-26(19,3)14-15-28(18,29)5/h8,19-23,31-32H,9-17H2,1-7H3,(H,33,34)/t19-,20-,21-,22-,23-,26+,27+,28+,29+,30-/m0/s1. The first-order chi connectivity index (χ1) is 15.6. The minimum absolute atomic E-state index is 0.0325. The van der Waals surface area contributed by atoms with E-state index in [4.69, 9.17) is 0 Å². The number of aliphatic hydroxyl groups excluding tert-OH is 2. The molecule has 0 amide bonds. The number of carbonyl (C=O) groups is 1. The zero-order chi connectivity index (χ0) is 25.1. The van der Waals surface area contributed by atoms with Crippen LogP contribution in [0.15, 0.2) is 11.6 Å². The highest BCUT2D eigenvalue weighted by Gasteiger charge is 2.70. The van der Waals surface area contributed by atoms with Gasteiger partial charge in [-0.3, -0.25) is 4.79 Å². The van der Waals surface area contributed by atoms with E-state index >= 15 is 0 Å². The molecule has 0 bridgehead atoms. The van der Waals surface area contributed by atoms with Gasteiger partial charge in [0.25, 0.3) is 0 Å². The maximum absolute atomic E-state index is 12.2. The van der Waals surface area contributed by atoms with Crippen molar-refractivity contribution >= 4 is 5.97 Å². The Balaban J connectivity index is 1.59. The van der Waals surface area contributed by atoms with Crippen molar-refractivity contribution < 1.29 is 20.1 Å². The van der Waals surface area contributed by atoms with Crippen molar-refractivity contribution in [2.45, 2.75) is 118 Å². The topological polar surface area (TPSA) is 77.8 Å². The van der Waals surface area contributed by atoms with Crippen molar-refractivity contribution in [1.82, 2.24) is 0 Å². The van der Waals surface area contributed by atoms with E-state index in [2.05, 4.69) is 47.6 Å². The van der Waals surface area contributed by atoms with Gasteiger partial charge in [0, 0.05) is 11.8 Å². The Morgan fingerprint density at radius 1 is 0.882 bits per heavy atom. The Kier molecular flexibility index (Phi) is 5.20.